The number of hydrogen-bond donors (Lipinski definition) is 0. The Bertz CT molecular complexity index is 181. The van der Waals surface area contributed by atoms with E-state index in [2.05, 4.69) is 13.2 Å². The molecule has 0 spiro atoms. The van der Waals surface area contributed by atoms with Crippen LogP contribution in [0, 0.1) is 0 Å². The molecule has 88 valence electrons. The van der Waals surface area contributed by atoms with Crippen molar-refractivity contribution in [3.63, 3.8) is 0 Å². The van der Waals surface area contributed by atoms with Crippen molar-refractivity contribution in [1.29, 1.82) is 0 Å². The van der Waals surface area contributed by atoms with E-state index in [-0.39, 0.29) is 19.5 Å². The van der Waals surface area contributed by atoms with Crippen molar-refractivity contribution in [2.75, 3.05) is 0 Å². The monoisotopic (exact) mass is 296 g/mol. The molecule has 0 saturated carbocycles. The van der Waals surface area contributed by atoms with Gasteiger partial charge < -0.3 is 4.79 Å². The van der Waals surface area contributed by atoms with Gasteiger partial charge in [0.25, 0.3) is 0 Å². The maximum Gasteiger partial charge on any atom is 0.106 e. The van der Waals surface area contributed by atoms with Crippen LogP contribution in [0.3, 0.4) is 0 Å². The van der Waals surface area contributed by atoms with E-state index in [1.807, 2.05) is 58.8 Å². The molecule has 0 aliphatic carbocycles. The van der Waals surface area contributed by atoms with Crippen molar-refractivity contribution >= 4 is 6.79 Å². The maximum absolute atomic E-state index is 8.00. The summed E-state index contributed by atoms with van der Waals surface area (Å²) in [5, 5.41) is 0. The van der Waals surface area contributed by atoms with Crippen LogP contribution in [-0.4, -0.2) is 6.79 Å². The Hall–Kier alpha value is -0.747. The topological polar surface area (TPSA) is 17.1 Å². The smallest absolute Gasteiger partial charge is 0.106 e. The molecule has 0 rings (SSSR count). The third-order valence-electron chi connectivity index (χ3n) is 0.902. The summed E-state index contributed by atoms with van der Waals surface area (Å²) < 4.78 is 0. The first-order valence-corrected chi connectivity index (χ1v) is 4.39. The van der Waals surface area contributed by atoms with Gasteiger partial charge in [0.15, 0.2) is 0 Å². The van der Waals surface area contributed by atoms with Crippen molar-refractivity contribution in [2.24, 2.45) is 0 Å². The maximum atomic E-state index is 8.00. The number of allylic oxidation sites excluding steroid dienone is 6. The summed E-state index contributed by atoms with van der Waals surface area (Å²) in [5.41, 5.74) is 2.22. The summed E-state index contributed by atoms with van der Waals surface area (Å²) in [4.78, 5) is 8.00. The summed E-state index contributed by atoms with van der Waals surface area (Å²) in [7, 11) is 0. The van der Waals surface area contributed by atoms with Crippen LogP contribution in [-0.2, 0) is 24.3 Å². The van der Waals surface area contributed by atoms with Gasteiger partial charge in [-0.2, -0.15) is 0 Å². The minimum Gasteiger partial charge on any atom is -0.307 e. The van der Waals surface area contributed by atoms with Gasteiger partial charge in [0.1, 0.15) is 6.79 Å². The Morgan fingerprint density at radius 2 is 1.07 bits per heavy atom. The zero-order valence-electron chi connectivity index (χ0n) is 10.2. The fourth-order valence-corrected chi connectivity index (χ4v) is 0.569. The molecule has 0 aromatic heterocycles. The Labute approximate surface area is 107 Å². The fraction of sp³-hybridized carbons (Fsp3) is 0.308. The number of hydrogen-bond acceptors (Lipinski definition) is 1. The van der Waals surface area contributed by atoms with Gasteiger partial charge in [-0.05, 0) is 27.7 Å². The molecular formula is C13H22ORu. The summed E-state index contributed by atoms with van der Waals surface area (Å²) in [6, 6.07) is 0. The van der Waals surface area contributed by atoms with Gasteiger partial charge in [0.2, 0.25) is 0 Å². The molecule has 0 aliphatic heterocycles. The Morgan fingerprint density at radius 1 is 0.867 bits per heavy atom. The normalized spacial score (nSPS) is 8.00. The molecule has 0 saturated heterocycles. The van der Waals surface area contributed by atoms with E-state index in [9.17, 15) is 0 Å². The van der Waals surface area contributed by atoms with Crippen LogP contribution in [0.2, 0.25) is 0 Å². The van der Waals surface area contributed by atoms with Crippen LogP contribution in [0.25, 0.3) is 0 Å². The van der Waals surface area contributed by atoms with E-state index in [1.54, 1.807) is 0 Å². The number of carbonyl (C=O) groups excluding carboxylic acids is 1. The van der Waals surface area contributed by atoms with Crippen LogP contribution in [0.1, 0.15) is 27.7 Å². The first-order valence-electron chi connectivity index (χ1n) is 4.39. The minimum atomic E-state index is 0. The average molecular weight is 295 g/mol. The molecule has 0 heterocycles. The van der Waals surface area contributed by atoms with Crippen molar-refractivity contribution in [3.05, 3.63) is 48.6 Å². The molecule has 0 aromatic carbocycles. The van der Waals surface area contributed by atoms with Crippen molar-refractivity contribution < 1.29 is 24.3 Å². The Kier molecular flexibility index (Phi) is 36.9. The van der Waals surface area contributed by atoms with Gasteiger partial charge in [0, 0.05) is 19.5 Å². The van der Waals surface area contributed by atoms with Gasteiger partial charge in [-0.1, -0.05) is 48.6 Å². The van der Waals surface area contributed by atoms with Gasteiger partial charge in [-0.15, -0.1) is 0 Å². The molecule has 0 atom stereocenters. The molecular weight excluding hydrogens is 273 g/mol. The molecule has 0 radical (unpaired) electrons. The minimum absolute atomic E-state index is 0. The van der Waals surface area contributed by atoms with E-state index in [4.69, 9.17) is 4.79 Å². The van der Waals surface area contributed by atoms with Crippen LogP contribution in [0.5, 0.6) is 0 Å². The number of carbonyl (C=O) groups is 1. The average Bonchev–Trinajstić information content (AvgIpc) is 2.08. The third kappa shape index (κ3) is 60.8. The van der Waals surface area contributed by atoms with Crippen LogP contribution >= 0.6 is 0 Å². The molecule has 0 amide bonds. The van der Waals surface area contributed by atoms with Crippen molar-refractivity contribution in [1.82, 2.24) is 0 Å². The van der Waals surface area contributed by atoms with E-state index in [0.29, 0.717) is 0 Å². The summed E-state index contributed by atoms with van der Waals surface area (Å²) >= 11 is 0. The van der Waals surface area contributed by atoms with Gasteiger partial charge in [-0.25, -0.2) is 0 Å². The zero-order chi connectivity index (χ0) is 12.0. The summed E-state index contributed by atoms with van der Waals surface area (Å²) in [6.07, 6.45) is 7.89. The molecule has 0 bridgehead atoms. The van der Waals surface area contributed by atoms with Gasteiger partial charge >= 0.3 is 0 Å². The molecule has 2 heteroatoms. The van der Waals surface area contributed by atoms with E-state index in [1.165, 1.54) is 0 Å². The van der Waals surface area contributed by atoms with E-state index in [0.717, 1.165) is 11.1 Å². The Balaban J connectivity index is -0.0000000653. The molecule has 0 N–H and O–H groups in total. The fourth-order valence-electron chi connectivity index (χ4n) is 0.569. The molecule has 0 unspecified atom stereocenters. The molecule has 0 aliphatic rings. The van der Waals surface area contributed by atoms with Crippen LogP contribution in [0.15, 0.2) is 48.6 Å². The first-order chi connectivity index (χ1) is 6.54. The molecule has 15 heavy (non-hydrogen) atoms. The molecule has 0 fully saturated rings. The second-order valence-electron chi connectivity index (χ2n) is 2.69. The zero-order valence-corrected chi connectivity index (χ0v) is 11.9. The van der Waals surface area contributed by atoms with E-state index >= 15 is 0 Å². The number of rotatable bonds is 2. The summed E-state index contributed by atoms with van der Waals surface area (Å²) in [5.74, 6) is 0. The Morgan fingerprint density at radius 3 is 1.07 bits per heavy atom. The third-order valence-corrected chi connectivity index (χ3v) is 0.902. The largest absolute Gasteiger partial charge is 0.307 e. The van der Waals surface area contributed by atoms with Crippen molar-refractivity contribution in [3.8, 4) is 0 Å². The molecule has 0 aromatic rings. The van der Waals surface area contributed by atoms with Crippen LogP contribution in [0.4, 0.5) is 0 Å². The first kappa shape index (κ1) is 23.8. The quantitative estimate of drug-likeness (QED) is 0.554. The van der Waals surface area contributed by atoms with Gasteiger partial charge in [0.05, 0.1) is 0 Å². The van der Waals surface area contributed by atoms with Crippen LogP contribution < -0.4 is 0 Å². The second-order valence-corrected chi connectivity index (χ2v) is 2.69. The van der Waals surface area contributed by atoms with Gasteiger partial charge in [-0.3, -0.25) is 0 Å². The SMILES string of the molecule is C=C(C)C=CC.C=C(C)C=CC.C=O.[Ru]. The van der Waals surface area contributed by atoms with E-state index < -0.39 is 0 Å². The predicted octanol–water partition coefficient (Wildman–Crippen LogP) is 4.09. The standard InChI is InChI=1S/2C6H10.CH2O.Ru/c2*1-4-5-6(2)3;1-2;/h2*4-5H,2H2,1,3H3;1H2;. The summed E-state index contributed by atoms with van der Waals surface area (Å²) in [6.45, 7) is 17.2. The predicted molar refractivity (Wildman–Crippen MR) is 66.4 cm³/mol. The molecule has 1 nitrogen and oxygen atoms in total. The second kappa shape index (κ2) is 23.2. The van der Waals surface area contributed by atoms with Crippen molar-refractivity contribution in [2.45, 2.75) is 27.7 Å².